The zero-order valence-corrected chi connectivity index (χ0v) is 10.9. The highest BCUT2D eigenvalue weighted by molar-refractivity contribution is 5.84. The molecule has 3 rings (SSSR count). The molecule has 0 aliphatic heterocycles. The van der Waals surface area contributed by atoms with Crippen LogP contribution in [0.15, 0.2) is 42.9 Å². The number of nitrogens with zero attached hydrogens (tertiary/aromatic N) is 4. The van der Waals surface area contributed by atoms with Crippen molar-refractivity contribution in [3.63, 3.8) is 0 Å². The summed E-state index contributed by atoms with van der Waals surface area (Å²) in [4.78, 5) is 19.5. The van der Waals surface area contributed by atoms with Crippen molar-refractivity contribution in [2.24, 2.45) is 0 Å². The first-order valence-corrected chi connectivity index (χ1v) is 6.08. The molecule has 0 saturated carbocycles. The van der Waals surface area contributed by atoms with E-state index in [2.05, 4.69) is 19.8 Å². The molecule has 2 aromatic heterocycles. The third-order valence-electron chi connectivity index (χ3n) is 2.92. The van der Waals surface area contributed by atoms with E-state index >= 15 is 0 Å². The number of esters is 1. The van der Waals surface area contributed by atoms with Gasteiger partial charge in [-0.05, 0) is 23.8 Å². The Bertz CT molecular complexity index is 766. The van der Waals surface area contributed by atoms with Crippen LogP contribution >= 0.6 is 0 Å². The third kappa shape index (κ3) is 2.35. The van der Waals surface area contributed by atoms with Gasteiger partial charge in [-0.3, -0.25) is 4.98 Å². The average molecular weight is 268 g/mol. The molecule has 0 N–H and O–H groups in total. The van der Waals surface area contributed by atoms with Crippen molar-refractivity contribution >= 4 is 16.9 Å². The van der Waals surface area contributed by atoms with Crippen molar-refractivity contribution in [2.75, 3.05) is 7.11 Å². The summed E-state index contributed by atoms with van der Waals surface area (Å²) in [6, 6.07) is 9.89. The van der Waals surface area contributed by atoms with E-state index in [9.17, 15) is 4.79 Å². The number of benzene rings is 1. The Kier molecular flexibility index (Phi) is 3.12. The summed E-state index contributed by atoms with van der Waals surface area (Å²) in [5.41, 5.74) is 2.01. The highest BCUT2D eigenvalue weighted by Crippen LogP contribution is 2.14. The molecule has 0 radical (unpaired) electrons. The van der Waals surface area contributed by atoms with E-state index < -0.39 is 5.97 Å². The fraction of sp³-hybridized carbons (Fsp3) is 0.143. The third-order valence-corrected chi connectivity index (χ3v) is 2.92. The predicted octanol–water partition coefficient (Wildman–Crippen LogP) is 1.66. The largest absolute Gasteiger partial charge is 0.463 e. The molecule has 0 fully saturated rings. The zero-order valence-electron chi connectivity index (χ0n) is 10.9. The van der Waals surface area contributed by atoms with Gasteiger partial charge in [0.25, 0.3) is 5.82 Å². The standard InChI is InChI=1S/C14H12N4O2/c1-20-14(19)13-16-9-18(17-13)8-10-4-5-12-11(7-10)3-2-6-15-12/h2-7,9H,8H2,1H3. The van der Waals surface area contributed by atoms with Crippen LogP contribution in [0.3, 0.4) is 0 Å². The molecule has 1 aromatic carbocycles. The second kappa shape index (κ2) is 5.08. The van der Waals surface area contributed by atoms with Gasteiger partial charge in [0.15, 0.2) is 0 Å². The van der Waals surface area contributed by atoms with Crippen LogP contribution < -0.4 is 0 Å². The molecule has 6 heteroatoms. The topological polar surface area (TPSA) is 69.9 Å². The fourth-order valence-electron chi connectivity index (χ4n) is 1.97. The highest BCUT2D eigenvalue weighted by atomic mass is 16.5. The van der Waals surface area contributed by atoms with Crippen molar-refractivity contribution in [3.8, 4) is 0 Å². The molecular weight excluding hydrogens is 256 g/mol. The Hall–Kier alpha value is -2.76. The molecule has 0 unspecified atom stereocenters. The van der Waals surface area contributed by atoms with Gasteiger partial charge >= 0.3 is 5.97 Å². The summed E-state index contributed by atoms with van der Waals surface area (Å²) in [7, 11) is 1.30. The number of hydrogen-bond acceptors (Lipinski definition) is 5. The van der Waals surface area contributed by atoms with Gasteiger partial charge in [-0.2, -0.15) is 0 Å². The van der Waals surface area contributed by atoms with E-state index in [1.165, 1.54) is 13.4 Å². The SMILES string of the molecule is COC(=O)c1ncn(Cc2ccc3ncccc3c2)n1. The normalized spacial score (nSPS) is 10.7. The molecule has 6 nitrogen and oxygen atoms in total. The number of ether oxygens (including phenoxy) is 1. The minimum atomic E-state index is -0.536. The summed E-state index contributed by atoms with van der Waals surface area (Å²) in [6.45, 7) is 0.537. The van der Waals surface area contributed by atoms with E-state index in [4.69, 9.17) is 0 Å². The van der Waals surface area contributed by atoms with Crippen molar-refractivity contribution in [3.05, 3.63) is 54.2 Å². The van der Waals surface area contributed by atoms with Crippen molar-refractivity contribution in [1.82, 2.24) is 19.7 Å². The van der Waals surface area contributed by atoms with Crippen LogP contribution in [0.1, 0.15) is 16.2 Å². The maximum absolute atomic E-state index is 11.3. The second-order valence-corrected chi connectivity index (χ2v) is 4.29. The molecule has 3 aromatic rings. The molecule has 0 aliphatic carbocycles. The number of carbonyl (C=O) groups is 1. The van der Waals surface area contributed by atoms with E-state index in [0.29, 0.717) is 6.54 Å². The Morgan fingerprint density at radius 2 is 2.20 bits per heavy atom. The Balaban J connectivity index is 1.85. The monoisotopic (exact) mass is 268 g/mol. The van der Waals surface area contributed by atoms with Crippen LogP contribution in [-0.4, -0.2) is 32.8 Å². The molecule has 0 spiro atoms. The van der Waals surface area contributed by atoms with Crippen LogP contribution in [0.4, 0.5) is 0 Å². The van der Waals surface area contributed by atoms with E-state index in [0.717, 1.165) is 16.5 Å². The number of aromatic nitrogens is 4. The van der Waals surface area contributed by atoms with E-state index in [1.54, 1.807) is 10.9 Å². The maximum Gasteiger partial charge on any atom is 0.377 e. The number of fused-ring (bicyclic) bond motifs is 1. The molecule has 0 aliphatic rings. The number of hydrogen-bond donors (Lipinski definition) is 0. The maximum atomic E-state index is 11.3. The molecule has 0 saturated heterocycles. The van der Waals surface area contributed by atoms with Crippen LogP contribution in [0, 0.1) is 0 Å². The lowest BCUT2D eigenvalue weighted by Gasteiger charge is -2.03. The number of rotatable bonds is 3. The van der Waals surface area contributed by atoms with Crippen LogP contribution in [0.5, 0.6) is 0 Å². The smallest absolute Gasteiger partial charge is 0.377 e. The fourth-order valence-corrected chi connectivity index (χ4v) is 1.97. The molecule has 0 atom stereocenters. The zero-order chi connectivity index (χ0) is 13.9. The van der Waals surface area contributed by atoms with Gasteiger partial charge in [0.2, 0.25) is 0 Å². The van der Waals surface area contributed by atoms with Gasteiger partial charge in [0.05, 0.1) is 19.2 Å². The summed E-state index contributed by atoms with van der Waals surface area (Å²) in [6.07, 6.45) is 3.28. The first-order chi connectivity index (χ1) is 9.76. The molecule has 0 bridgehead atoms. The molecule has 100 valence electrons. The lowest BCUT2D eigenvalue weighted by Crippen LogP contribution is -2.06. The number of carbonyl (C=O) groups excluding carboxylic acids is 1. The average Bonchev–Trinajstić information content (AvgIpc) is 2.95. The van der Waals surface area contributed by atoms with E-state index in [-0.39, 0.29) is 5.82 Å². The molecular formula is C14H12N4O2. The summed E-state index contributed by atoms with van der Waals surface area (Å²) in [5, 5.41) is 5.14. The highest BCUT2D eigenvalue weighted by Gasteiger charge is 2.11. The van der Waals surface area contributed by atoms with Crippen molar-refractivity contribution in [1.29, 1.82) is 0 Å². The van der Waals surface area contributed by atoms with Crippen molar-refractivity contribution in [2.45, 2.75) is 6.54 Å². The Labute approximate surface area is 115 Å². The van der Waals surface area contributed by atoms with Gasteiger partial charge in [0.1, 0.15) is 6.33 Å². The quantitative estimate of drug-likeness (QED) is 0.676. The molecule has 0 amide bonds. The minimum Gasteiger partial charge on any atom is -0.463 e. The summed E-state index contributed by atoms with van der Waals surface area (Å²) < 4.78 is 6.17. The first-order valence-electron chi connectivity index (χ1n) is 6.08. The van der Waals surface area contributed by atoms with Gasteiger partial charge < -0.3 is 4.74 Å². The Morgan fingerprint density at radius 1 is 1.30 bits per heavy atom. The lowest BCUT2D eigenvalue weighted by atomic mass is 10.1. The Morgan fingerprint density at radius 3 is 3.05 bits per heavy atom. The minimum absolute atomic E-state index is 0.0648. The van der Waals surface area contributed by atoms with Gasteiger partial charge in [-0.25, -0.2) is 14.5 Å². The number of methoxy groups -OCH3 is 1. The van der Waals surface area contributed by atoms with Crippen LogP contribution in [0.2, 0.25) is 0 Å². The summed E-state index contributed by atoms with van der Waals surface area (Å²) >= 11 is 0. The van der Waals surface area contributed by atoms with Gasteiger partial charge in [0, 0.05) is 11.6 Å². The van der Waals surface area contributed by atoms with Crippen molar-refractivity contribution < 1.29 is 9.53 Å². The van der Waals surface area contributed by atoms with Crippen LogP contribution in [0.25, 0.3) is 10.9 Å². The molecule has 2 heterocycles. The van der Waals surface area contributed by atoms with Gasteiger partial charge in [-0.1, -0.05) is 12.1 Å². The number of pyridine rings is 1. The molecule has 20 heavy (non-hydrogen) atoms. The lowest BCUT2D eigenvalue weighted by molar-refractivity contribution is 0.0586. The van der Waals surface area contributed by atoms with Gasteiger partial charge in [-0.15, -0.1) is 5.10 Å². The van der Waals surface area contributed by atoms with E-state index in [1.807, 2.05) is 30.3 Å². The second-order valence-electron chi connectivity index (χ2n) is 4.29. The summed E-state index contributed by atoms with van der Waals surface area (Å²) in [5.74, 6) is -0.471. The predicted molar refractivity (Wildman–Crippen MR) is 72.2 cm³/mol. The first kappa shape index (κ1) is 12.3. The van der Waals surface area contributed by atoms with Crippen LogP contribution in [-0.2, 0) is 11.3 Å².